The number of hydrogen-bond acceptors (Lipinski definition) is 2. The van der Waals surface area contributed by atoms with Gasteiger partial charge in [0.1, 0.15) is 0 Å². The lowest BCUT2D eigenvalue weighted by Crippen LogP contribution is -2.29. The van der Waals surface area contributed by atoms with Crippen LogP contribution in [-0.2, 0) is 4.74 Å². The second-order valence-corrected chi connectivity index (χ2v) is 4.34. The Morgan fingerprint density at radius 3 is 2.75 bits per heavy atom. The third kappa shape index (κ3) is 3.55. The zero-order valence-corrected chi connectivity index (χ0v) is 8.55. The Bertz CT molecular complexity index is 119. The quantitative estimate of drug-likeness (QED) is 0.637. The molecule has 1 saturated heterocycles. The van der Waals surface area contributed by atoms with E-state index in [0.29, 0.717) is 0 Å². The fraction of sp³-hybridized carbons (Fsp3) is 1.00. The number of ether oxygens (including phenoxy) is 1. The largest absolute Gasteiger partial charge is 0.381 e. The maximum atomic E-state index is 5.34. The molecule has 0 radical (unpaired) electrons. The molecule has 1 aliphatic heterocycles. The molecule has 2 heteroatoms. The predicted molar refractivity (Wildman–Crippen MR) is 51.3 cm³/mol. The summed E-state index contributed by atoms with van der Waals surface area (Å²) < 4.78 is 5.34. The molecule has 0 bridgehead atoms. The molecule has 0 aromatic carbocycles. The molecule has 0 spiro atoms. The van der Waals surface area contributed by atoms with Crippen LogP contribution < -0.4 is 0 Å². The maximum absolute atomic E-state index is 5.34. The van der Waals surface area contributed by atoms with E-state index in [0.717, 1.165) is 25.0 Å². The van der Waals surface area contributed by atoms with Crippen molar-refractivity contribution in [3.05, 3.63) is 0 Å². The summed E-state index contributed by atoms with van der Waals surface area (Å²) in [6, 6.07) is 0. The molecule has 1 heterocycles. The molecule has 0 saturated carbocycles. The Hall–Kier alpha value is -0.0800. The normalized spacial score (nSPS) is 24.2. The van der Waals surface area contributed by atoms with Gasteiger partial charge in [0.05, 0.1) is 6.61 Å². The van der Waals surface area contributed by atoms with E-state index in [1.54, 1.807) is 0 Å². The SMILES string of the molecule is CC(C)CN(C)CC1CCOC1. The third-order valence-electron chi connectivity index (χ3n) is 2.27. The minimum absolute atomic E-state index is 0.775. The molecule has 1 fully saturated rings. The first-order chi connectivity index (χ1) is 5.68. The van der Waals surface area contributed by atoms with Crippen molar-refractivity contribution in [2.45, 2.75) is 20.3 Å². The van der Waals surface area contributed by atoms with Crippen LogP contribution in [0.3, 0.4) is 0 Å². The molecule has 2 nitrogen and oxygen atoms in total. The van der Waals surface area contributed by atoms with E-state index in [2.05, 4.69) is 25.8 Å². The zero-order chi connectivity index (χ0) is 8.97. The Morgan fingerprint density at radius 1 is 1.50 bits per heavy atom. The molecule has 0 N–H and O–H groups in total. The second-order valence-electron chi connectivity index (χ2n) is 4.34. The Kier molecular flexibility index (Phi) is 4.02. The van der Waals surface area contributed by atoms with E-state index in [4.69, 9.17) is 4.74 Å². The third-order valence-corrected chi connectivity index (χ3v) is 2.27. The summed E-state index contributed by atoms with van der Waals surface area (Å²) in [5, 5.41) is 0. The second kappa shape index (κ2) is 4.83. The molecule has 72 valence electrons. The van der Waals surface area contributed by atoms with E-state index in [1.807, 2.05) is 0 Å². The van der Waals surface area contributed by atoms with Gasteiger partial charge in [-0.25, -0.2) is 0 Å². The van der Waals surface area contributed by atoms with Gasteiger partial charge in [0.2, 0.25) is 0 Å². The van der Waals surface area contributed by atoms with Crippen molar-refractivity contribution >= 4 is 0 Å². The summed E-state index contributed by atoms with van der Waals surface area (Å²) in [6.07, 6.45) is 1.25. The first-order valence-corrected chi connectivity index (χ1v) is 4.94. The smallest absolute Gasteiger partial charge is 0.0507 e. The minimum Gasteiger partial charge on any atom is -0.381 e. The summed E-state index contributed by atoms with van der Waals surface area (Å²) >= 11 is 0. The van der Waals surface area contributed by atoms with Gasteiger partial charge in [-0.1, -0.05) is 13.8 Å². The van der Waals surface area contributed by atoms with E-state index in [9.17, 15) is 0 Å². The molecular weight excluding hydrogens is 150 g/mol. The number of nitrogens with zero attached hydrogens (tertiary/aromatic N) is 1. The standard InChI is InChI=1S/C10H21NO/c1-9(2)6-11(3)7-10-4-5-12-8-10/h9-10H,4-8H2,1-3H3. The van der Waals surface area contributed by atoms with Crippen LogP contribution >= 0.6 is 0 Å². The zero-order valence-electron chi connectivity index (χ0n) is 8.55. The Morgan fingerprint density at radius 2 is 2.25 bits per heavy atom. The van der Waals surface area contributed by atoms with Crippen molar-refractivity contribution in [3.8, 4) is 0 Å². The highest BCUT2D eigenvalue weighted by atomic mass is 16.5. The van der Waals surface area contributed by atoms with E-state index < -0.39 is 0 Å². The number of rotatable bonds is 4. The van der Waals surface area contributed by atoms with Gasteiger partial charge in [0.15, 0.2) is 0 Å². The molecule has 0 aromatic heterocycles. The van der Waals surface area contributed by atoms with Gasteiger partial charge < -0.3 is 9.64 Å². The lowest BCUT2D eigenvalue weighted by molar-refractivity contribution is 0.171. The Balaban J connectivity index is 2.11. The topological polar surface area (TPSA) is 12.5 Å². The van der Waals surface area contributed by atoms with Gasteiger partial charge in [-0.15, -0.1) is 0 Å². The predicted octanol–water partition coefficient (Wildman–Crippen LogP) is 1.61. The fourth-order valence-corrected chi connectivity index (χ4v) is 1.87. The summed E-state index contributed by atoms with van der Waals surface area (Å²) in [7, 11) is 2.21. The molecule has 0 amide bonds. The number of hydrogen-bond donors (Lipinski definition) is 0. The van der Waals surface area contributed by atoms with Crippen LogP contribution in [0.4, 0.5) is 0 Å². The lowest BCUT2D eigenvalue weighted by atomic mass is 10.1. The first-order valence-electron chi connectivity index (χ1n) is 4.94. The summed E-state index contributed by atoms with van der Waals surface area (Å²) in [6.45, 7) is 8.89. The average molecular weight is 171 g/mol. The summed E-state index contributed by atoms with van der Waals surface area (Å²) in [5.74, 6) is 1.56. The van der Waals surface area contributed by atoms with Gasteiger partial charge in [0, 0.05) is 19.7 Å². The van der Waals surface area contributed by atoms with Crippen molar-refractivity contribution in [1.29, 1.82) is 0 Å². The highest BCUT2D eigenvalue weighted by Gasteiger charge is 2.17. The summed E-state index contributed by atoms with van der Waals surface area (Å²) in [5.41, 5.74) is 0. The maximum Gasteiger partial charge on any atom is 0.0507 e. The lowest BCUT2D eigenvalue weighted by Gasteiger charge is -2.21. The molecule has 1 rings (SSSR count). The summed E-state index contributed by atoms with van der Waals surface area (Å²) in [4.78, 5) is 2.42. The van der Waals surface area contributed by atoms with Crippen LogP contribution in [0, 0.1) is 11.8 Å². The van der Waals surface area contributed by atoms with Gasteiger partial charge in [0.25, 0.3) is 0 Å². The van der Waals surface area contributed by atoms with Crippen molar-refractivity contribution in [1.82, 2.24) is 4.90 Å². The molecule has 12 heavy (non-hydrogen) atoms. The molecule has 0 aromatic rings. The van der Waals surface area contributed by atoms with Crippen LogP contribution in [0.25, 0.3) is 0 Å². The molecule has 1 unspecified atom stereocenters. The van der Waals surface area contributed by atoms with Gasteiger partial charge in [-0.2, -0.15) is 0 Å². The van der Waals surface area contributed by atoms with Crippen LogP contribution in [0.5, 0.6) is 0 Å². The molecule has 0 aliphatic carbocycles. The van der Waals surface area contributed by atoms with Crippen molar-refractivity contribution in [2.24, 2.45) is 11.8 Å². The fourth-order valence-electron chi connectivity index (χ4n) is 1.87. The van der Waals surface area contributed by atoms with Gasteiger partial charge >= 0.3 is 0 Å². The van der Waals surface area contributed by atoms with Gasteiger partial charge in [-0.3, -0.25) is 0 Å². The van der Waals surface area contributed by atoms with Crippen LogP contribution in [-0.4, -0.2) is 38.3 Å². The van der Waals surface area contributed by atoms with Crippen LogP contribution in [0.2, 0.25) is 0 Å². The van der Waals surface area contributed by atoms with Crippen molar-refractivity contribution in [3.63, 3.8) is 0 Å². The first kappa shape index (κ1) is 10.0. The van der Waals surface area contributed by atoms with Crippen LogP contribution in [0.15, 0.2) is 0 Å². The van der Waals surface area contributed by atoms with Crippen molar-refractivity contribution < 1.29 is 4.74 Å². The van der Waals surface area contributed by atoms with E-state index in [1.165, 1.54) is 19.5 Å². The molecule has 1 aliphatic rings. The van der Waals surface area contributed by atoms with Crippen LogP contribution in [0.1, 0.15) is 20.3 Å². The molecular formula is C10H21NO. The minimum atomic E-state index is 0.775. The average Bonchev–Trinajstić information content (AvgIpc) is 2.37. The van der Waals surface area contributed by atoms with Crippen molar-refractivity contribution in [2.75, 3.05) is 33.4 Å². The van der Waals surface area contributed by atoms with E-state index >= 15 is 0 Å². The Labute approximate surface area is 75.9 Å². The highest BCUT2D eigenvalue weighted by Crippen LogP contribution is 2.13. The highest BCUT2D eigenvalue weighted by molar-refractivity contribution is 4.68. The van der Waals surface area contributed by atoms with E-state index in [-0.39, 0.29) is 0 Å². The van der Waals surface area contributed by atoms with Gasteiger partial charge in [-0.05, 0) is 25.3 Å². The molecule has 1 atom stereocenters. The monoisotopic (exact) mass is 171 g/mol.